The molecular formula is C2H4Ag2O6S. The Hall–Kier alpha value is 0.821. The van der Waals surface area contributed by atoms with E-state index in [0.29, 0.717) is 0 Å². The van der Waals surface area contributed by atoms with Crippen molar-refractivity contribution in [2.75, 3.05) is 0 Å². The summed E-state index contributed by atoms with van der Waals surface area (Å²) >= 11 is 0. The molecule has 0 radical (unpaired) electrons. The van der Waals surface area contributed by atoms with Crippen molar-refractivity contribution in [3.63, 3.8) is 0 Å². The van der Waals surface area contributed by atoms with Gasteiger partial charge in [0.2, 0.25) is 10.4 Å². The molecule has 0 spiro atoms. The summed E-state index contributed by atoms with van der Waals surface area (Å²) in [7, 11) is -4.92. The van der Waals surface area contributed by atoms with Gasteiger partial charge in [-0.15, -0.1) is 0 Å². The van der Waals surface area contributed by atoms with Gasteiger partial charge in [0, 0.05) is 5.97 Å². The molecule has 0 aliphatic rings. The third-order valence-electron chi connectivity index (χ3n) is 0. The van der Waals surface area contributed by atoms with Crippen molar-refractivity contribution in [2.45, 2.75) is 6.92 Å². The van der Waals surface area contributed by atoms with Crippen molar-refractivity contribution in [3.05, 3.63) is 0 Å². The van der Waals surface area contributed by atoms with Crippen LogP contribution in [0.2, 0.25) is 0 Å². The zero-order valence-corrected chi connectivity index (χ0v) is 8.78. The normalized spacial score (nSPS) is 7.55. The van der Waals surface area contributed by atoms with E-state index in [-0.39, 0.29) is 44.8 Å². The van der Waals surface area contributed by atoms with Crippen LogP contribution < -0.4 is 5.11 Å². The first-order valence-electron chi connectivity index (χ1n) is 1.59. The average molecular weight is 372 g/mol. The van der Waals surface area contributed by atoms with Gasteiger partial charge in [0.1, 0.15) is 0 Å². The van der Waals surface area contributed by atoms with Crippen LogP contribution in [0.4, 0.5) is 0 Å². The molecule has 0 atom stereocenters. The minimum atomic E-state index is -4.92. The summed E-state index contributed by atoms with van der Waals surface area (Å²) in [6.07, 6.45) is 0. The Bertz CT molecular complexity index is 161. The van der Waals surface area contributed by atoms with Crippen molar-refractivity contribution in [3.8, 4) is 0 Å². The molecule has 1 N–H and O–H groups in total. The molecule has 0 fully saturated rings. The maximum atomic E-state index is 8.89. The van der Waals surface area contributed by atoms with Crippen LogP contribution in [0.1, 0.15) is 6.92 Å². The first-order valence-corrected chi connectivity index (χ1v) is 2.96. The van der Waals surface area contributed by atoms with Crippen LogP contribution in [0, 0.1) is 0 Å². The van der Waals surface area contributed by atoms with Gasteiger partial charge in [0.05, 0.1) is 0 Å². The summed E-state index contributed by atoms with van der Waals surface area (Å²) < 4.78 is 32.8. The molecule has 0 saturated heterocycles. The van der Waals surface area contributed by atoms with E-state index in [0.717, 1.165) is 6.92 Å². The summed E-state index contributed by atoms with van der Waals surface area (Å²) in [5.41, 5.74) is 0. The topological polar surface area (TPSA) is 118 Å². The first-order chi connectivity index (χ1) is 3.73. The molecule has 9 heteroatoms. The summed E-state index contributed by atoms with van der Waals surface area (Å²) in [5.74, 6) is -1.08. The van der Waals surface area contributed by atoms with Crippen LogP contribution in [0.3, 0.4) is 0 Å². The van der Waals surface area contributed by atoms with E-state index in [1.165, 1.54) is 0 Å². The second-order valence-corrected chi connectivity index (χ2v) is 1.77. The van der Waals surface area contributed by atoms with Crippen LogP contribution in [-0.4, -0.2) is 23.5 Å². The molecule has 0 aromatic heterocycles. The summed E-state index contributed by atoms with van der Waals surface area (Å²) in [5, 5.41) is 8.89. The molecule has 0 saturated carbocycles. The summed E-state index contributed by atoms with van der Waals surface area (Å²) in [6.45, 7) is 0.972. The Morgan fingerprint density at radius 1 is 1.36 bits per heavy atom. The molecule has 0 heterocycles. The fourth-order valence-electron chi connectivity index (χ4n) is 0. The van der Waals surface area contributed by atoms with Crippen molar-refractivity contribution in [1.29, 1.82) is 0 Å². The number of hydrogen-bond donors (Lipinski definition) is 1. The number of carboxylic acids is 1. The van der Waals surface area contributed by atoms with Crippen LogP contribution in [0.25, 0.3) is 0 Å². The number of carbonyl (C=O) groups is 1. The fourth-order valence-corrected chi connectivity index (χ4v) is 0. The van der Waals surface area contributed by atoms with E-state index in [4.69, 9.17) is 27.4 Å². The van der Waals surface area contributed by atoms with Gasteiger partial charge in [-0.1, -0.05) is 0 Å². The molecule has 0 aliphatic heterocycles. The van der Waals surface area contributed by atoms with Crippen molar-refractivity contribution in [1.82, 2.24) is 0 Å². The maximum Gasteiger partial charge on any atom is 1.00 e. The molecule has 0 rings (SSSR count). The van der Waals surface area contributed by atoms with Crippen LogP contribution in [-0.2, 0) is 60.0 Å². The largest absolute Gasteiger partial charge is 1.00 e. The monoisotopic (exact) mass is 370 g/mol. The van der Waals surface area contributed by atoms with Crippen LogP contribution in [0.5, 0.6) is 0 Å². The van der Waals surface area contributed by atoms with E-state index in [2.05, 4.69) is 0 Å². The molecule has 76 valence electrons. The summed E-state index contributed by atoms with van der Waals surface area (Å²) in [6, 6.07) is 0. The number of hydrogen-bond acceptors (Lipinski definition) is 5. The smallest absolute Gasteiger partial charge is 0.726 e. The van der Waals surface area contributed by atoms with Crippen LogP contribution >= 0.6 is 0 Å². The number of aliphatic carboxylic acids is 1. The van der Waals surface area contributed by atoms with Crippen molar-refractivity contribution < 1.29 is 72.2 Å². The standard InChI is InChI=1S/C2H4O2.2Ag.H2O4S/c1-2(3)4;;;1-5(2,3)4/h1H3,(H,3,4);;;(H2,1,2,3,4)/q;2*+1;/p-2. The SMILES string of the molecule is CC(=O)[O-].O=S(=O)([O-])O.[Ag+].[Ag+]. The molecule has 0 amide bonds. The van der Waals surface area contributed by atoms with E-state index >= 15 is 0 Å². The molecule has 0 aliphatic carbocycles. The third-order valence-corrected chi connectivity index (χ3v) is 0. The van der Waals surface area contributed by atoms with E-state index < -0.39 is 16.4 Å². The van der Waals surface area contributed by atoms with E-state index in [1.54, 1.807) is 0 Å². The zero-order valence-electron chi connectivity index (χ0n) is 5.00. The van der Waals surface area contributed by atoms with Gasteiger partial charge in [0.15, 0.2) is 0 Å². The Balaban J connectivity index is -0.0000000383. The maximum absolute atomic E-state index is 8.89. The van der Waals surface area contributed by atoms with Crippen molar-refractivity contribution >= 4 is 16.4 Å². The number of rotatable bonds is 0. The molecular weight excluding hydrogens is 368 g/mol. The fraction of sp³-hybridized carbons (Fsp3) is 0.500. The van der Waals surface area contributed by atoms with Gasteiger partial charge in [-0.25, -0.2) is 8.42 Å². The predicted octanol–water partition coefficient (Wildman–Crippen LogP) is -2.24. The molecule has 11 heavy (non-hydrogen) atoms. The van der Waals surface area contributed by atoms with E-state index in [1.807, 2.05) is 0 Å². The van der Waals surface area contributed by atoms with E-state index in [9.17, 15) is 0 Å². The van der Waals surface area contributed by atoms with Gasteiger partial charge in [0.25, 0.3) is 0 Å². The number of carbonyl (C=O) groups excluding carboxylic acids is 1. The van der Waals surface area contributed by atoms with Crippen molar-refractivity contribution in [2.24, 2.45) is 0 Å². The van der Waals surface area contributed by atoms with Gasteiger partial charge < -0.3 is 14.5 Å². The molecule has 0 aromatic rings. The zero-order chi connectivity index (χ0) is 8.08. The minimum absolute atomic E-state index is 0. The molecule has 0 bridgehead atoms. The molecule has 0 unspecified atom stereocenters. The van der Waals surface area contributed by atoms with Crippen LogP contribution in [0.15, 0.2) is 0 Å². The second-order valence-electron chi connectivity index (χ2n) is 0.919. The third kappa shape index (κ3) is 1250. The quantitative estimate of drug-likeness (QED) is 0.292. The Morgan fingerprint density at radius 2 is 1.36 bits per heavy atom. The number of carboxylic acid groups (broad SMARTS) is 1. The second kappa shape index (κ2) is 10.8. The predicted molar refractivity (Wildman–Crippen MR) is 23.0 cm³/mol. The van der Waals surface area contributed by atoms with Gasteiger partial charge in [-0.2, -0.15) is 0 Å². The Labute approximate surface area is 95.0 Å². The van der Waals surface area contributed by atoms with Gasteiger partial charge >= 0.3 is 44.8 Å². The van der Waals surface area contributed by atoms with Gasteiger partial charge in [-0.3, -0.25) is 4.55 Å². The average Bonchev–Trinajstić information content (AvgIpc) is 1.19. The minimum Gasteiger partial charge on any atom is -0.726 e. The first kappa shape index (κ1) is 22.6. The Kier molecular flexibility index (Phi) is 22.3. The molecule has 0 aromatic carbocycles. The molecule has 6 nitrogen and oxygen atoms in total. The Morgan fingerprint density at radius 3 is 1.36 bits per heavy atom. The summed E-state index contributed by atoms with van der Waals surface area (Å²) in [4.78, 5) is 8.89. The van der Waals surface area contributed by atoms with Gasteiger partial charge in [-0.05, 0) is 6.92 Å².